The van der Waals surface area contributed by atoms with Crippen molar-refractivity contribution in [2.75, 3.05) is 5.32 Å². The summed E-state index contributed by atoms with van der Waals surface area (Å²) in [5.74, 6) is -0.185. The molecule has 1 rings (SSSR count). The number of nitrogens with one attached hydrogen (secondary N) is 1. The number of amides is 1. The van der Waals surface area contributed by atoms with Crippen LogP contribution in [-0.2, 0) is 11.0 Å². The molecular weight excluding hydrogens is 255 g/mol. The summed E-state index contributed by atoms with van der Waals surface area (Å²) >= 11 is 0. The van der Waals surface area contributed by atoms with E-state index in [2.05, 4.69) is 5.32 Å². The third kappa shape index (κ3) is 5.77. The lowest BCUT2D eigenvalue weighted by atomic mass is 10.1. The molecule has 0 heterocycles. The Morgan fingerprint density at radius 3 is 2.26 bits per heavy atom. The number of rotatable bonds is 3. The quantitative estimate of drug-likeness (QED) is 0.845. The summed E-state index contributed by atoms with van der Waals surface area (Å²) in [6, 6.07) is 3.28. The van der Waals surface area contributed by atoms with Gasteiger partial charge in [-0.3, -0.25) is 4.79 Å². The zero-order valence-corrected chi connectivity index (χ0v) is 11.7. The van der Waals surface area contributed by atoms with Crippen molar-refractivity contribution in [1.29, 1.82) is 0 Å². The van der Waals surface area contributed by atoms with Gasteiger partial charge >= 0.3 is 6.18 Å². The van der Waals surface area contributed by atoms with Gasteiger partial charge in [-0.15, -0.1) is 0 Å². The number of anilines is 1. The van der Waals surface area contributed by atoms with E-state index in [0.29, 0.717) is 24.1 Å². The van der Waals surface area contributed by atoms with Gasteiger partial charge in [0.05, 0.1) is 5.56 Å². The molecule has 0 unspecified atom stereocenters. The average Bonchev–Trinajstić information content (AvgIpc) is 2.33. The normalized spacial score (nSPS) is 10.5. The Balaban J connectivity index is 0.00000154. The van der Waals surface area contributed by atoms with Gasteiger partial charge in [-0.1, -0.05) is 20.8 Å². The lowest BCUT2D eigenvalue weighted by Gasteiger charge is -2.11. The van der Waals surface area contributed by atoms with Crippen LogP contribution in [0.5, 0.6) is 0 Å². The number of carbonyl (C=O) groups excluding carboxylic acids is 1. The van der Waals surface area contributed by atoms with Crippen LogP contribution in [0.1, 0.15) is 44.7 Å². The number of benzene rings is 1. The van der Waals surface area contributed by atoms with Crippen LogP contribution in [0.3, 0.4) is 0 Å². The summed E-state index contributed by atoms with van der Waals surface area (Å²) in [6.45, 7) is 7.40. The van der Waals surface area contributed by atoms with E-state index < -0.39 is 11.7 Å². The molecule has 0 radical (unpaired) electrons. The highest BCUT2D eigenvalue weighted by Crippen LogP contribution is 2.31. The number of aryl methyl sites for hydroxylation is 1. The highest BCUT2D eigenvalue weighted by atomic mass is 19.4. The van der Waals surface area contributed by atoms with E-state index in [4.69, 9.17) is 0 Å². The zero-order valence-electron chi connectivity index (χ0n) is 11.7. The number of halogens is 3. The number of carbonyl (C=O) groups is 1. The maximum absolute atomic E-state index is 12.4. The zero-order chi connectivity index (χ0) is 15.1. The molecule has 0 aliphatic carbocycles. The molecule has 0 aliphatic heterocycles. The first-order valence-electron chi connectivity index (χ1n) is 6.32. The predicted octanol–water partition coefficient (Wildman–Crippen LogP) is 4.78. The Hall–Kier alpha value is -1.52. The van der Waals surface area contributed by atoms with Crippen LogP contribution in [0.2, 0.25) is 0 Å². The molecule has 1 aromatic rings. The fourth-order valence-corrected chi connectivity index (χ4v) is 1.42. The Bertz CT molecular complexity index is 414. The summed E-state index contributed by atoms with van der Waals surface area (Å²) < 4.78 is 37.2. The van der Waals surface area contributed by atoms with Crippen molar-refractivity contribution in [3.05, 3.63) is 29.3 Å². The van der Waals surface area contributed by atoms with Crippen molar-refractivity contribution in [2.45, 2.75) is 46.7 Å². The smallest absolute Gasteiger partial charge is 0.326 e. The molecule has 2 nitrogen and oxygen atoms in total. The van der Waals surface area contributed by atoms with Crippen LogP contribution in [0.15, 0.2) is 18.2 Å². The maximum Gasteiger partial charge on any atom is 0.416 e. The van der Waals surface area contributed by atoms with E-state index in [0.717, 1.165) is 12.1 Å². The minimum atomic E-state index is -4.35. The molecular formula is C14H20F3NO. The second-order valence-electron chi connectivity index (χ2n) is 3.83. The largest absolute Gasteiger partial charge is 0.416 e. The molecule has 19 heavy (non-hydrogen) atoms. The van der Waals surface area contributed by atoms with Gasteiger partial charge in [-0.05, 0) is 37.1 Å². The van der Waals surface area contributed by atoms with Crippen LogP contribution in [0.25, 0.3) is 0 Å². The molecule has 5 heteroatoms. The first-order valence-corrected chi connectivity index (χ1v) is 6.32. The van der Waals surface area contributed by atoms with Gasteiger partial charge in [-0.25, -0.2) is 0 Å². The van der Waals surface area contributed by atoms with Crippen molar-refractivity contribution in [2.24, 2.45) is 0 Å². The Kier molecular flexibility index (Phi) is 7.19. The van der Waals surface area contributed by atoms with Gasteiger partial charge in [0.25, 0.3) is 0 Å². The summed E-state index contributed by atoms with van der Waals surface area (Å²) in [7, 11) is 0. The van der Waals surface area contributed by atoms with Crippen molar-refractivity contribution in [3.63, 3.8) is 0 Å². The van der Waals surface area contributed by atoms with Crippen molar-refractivity contribution in [3.8, 4) is 0 Å². The topological polar surface area (TPSA) is 29.1 Å². The van der Waals surface area contributed by atoms with Crippen LogP contribution >= 0.6 is 0 Å². The molecule has 0 fully saturated rings. The minimum absolute atomic E-state index is 0.185. The Labute approximate surface area is 112 Å². The highest BCUT2D eigenvalue weighted by Gasteiger charge is 2.30. The standard InChI is InChI=1S/C12H14F3NO.C2H6/c1-3-4-11(17)16-10-6-5-9(7-8(10)2)12(13,14)15;1-2/h5-7H,3-4H2,1-2H3,(H,16,17);1-2H3. The van der Waals surface area contributed by atoms with Gasteiger partial charge in [0, 0.05) is 12.1 Å². The second-order valence-corrected chi connectivity index (χ2v) is 3.83. The molecule has 1 aromatic carbocycles. The van der Waals surface area contributed by atoms with E-state index in [9.17, 15) is 18.0 Å². The average molecular weight is 275 g/mol. The molecule has 1 amide bonds. The van der Waals surface area contributed by atoms with Crippen LogP contribution in [-0.4, -0.2) is 5.91 Å². The molecule has 0 saturated carbocycles. The number of hydrogen-bond donors (Lipinski definition) is 1. The van der Waals surface area contributed by atoms with Crippen LogP contribution in [0, 0.1) is 6.92 Å². The van der Waals surface area contributed by atoms with Gasteiger partial charge in [0.15, 0.2) is 0 Å². The number of alkyl halides is 3. The second kappa shape index (κ2) is 7.81. The summed E-state index contributed by atoms with van der Waals surface area (Å²) in [6.07, 6.45) is -3.29. The molecule has 0 aliphatic rings. The van der Waals surface area contributed by atoms with Crippen molar-refractivity contribution < 1.29 is 18.0 Å². The molecule has 0 spiro atoms. The van der Waals surface area contributed by atoms with Crippen LogP contribution in [0.4, 0.5) is 18.9 Å². The minimum Gasteiger partial charge on any atom is -0.326 e. The third-order valence-electron chi connectivity index (χ3n) is 2.30. The lowest BCUT2D eigenvalue weighted by Crippen LogP contribution is -2.12. The summed E-state index contributed by atoms with van der Waals surface area (Å²) in [5.41, 5.74) is 0.129. The fraction of sp³-hybridized carbons (Fsp3) is 0.500. The van der Waals surface area contributed by atoms with E-state index in [-0.39, 0.29) is 5.91 Å². The third-order valence-corrected chi connectivity index (χ3v) is 2.30. The molecule has 0 atom stereocenters. The molecule has 0 saturated heterocycles. The SMILES string of the molecule is CC.CCCC(=O)Nc1ccc(C(F)(F)F)cc1C. The molecule has 0 bridgehead atoms. The summed E-state index contributed by atoms with van der Waals surface area (Å²) in [4.78, 5) is 11.3. The van der Waals surface area contributed by atoms with Gasteiger partial charge in [-0.2, -0.15) is 13.2 Å². The number of hydrogen-bond acceptors (Lipinski definition) is 1. The van der Waals surface area contributed by atoms with Crippen molar-refractivity contribution in [1.82, 2.24) is 0 Å². The fourth-order valence-electron chi connectivity index (χ4n) is 1.42. The van der Waals surface area contributed by atoms with E-state index >= 15 is 0 Å². The van der Waals surface area contributed by atoms with Gasteiger partial charge in [0.2, 0.25) is 5.91 Å². The maximum atomic E-state index is 12.4. The van der Waals surface area contributed by atoms with Crippen molar-refractivity contribution >= 4 is 11.6 Å². The van der Waals surface area contributed by atoms with E-state index in [1.54, 1.807) is 0 Å². The monoisotopic (exact) mass is 275 g/mol. The summed E-state index contributed by atoms with van der Waals surface area (Å²) in [5, 5.41) is 2.58. The van der Waals surface area contributed by atoms with Gasteiger partial charge < -0.3 is 5.32 Å². The molecule has 108 valence electrons. The first-order chi connectivity index (χ1) is 8.84. The van der Waals surface area contributed by atoms with E-state index in [1.807, 2.05) is 20.8 Å². The highest BCUT2D eigenvalue weighted by molar-refractivity contribution is 5.91. The molecule has 0 aromatic heterocycles. The molecule has 1 N–H and O–H groups in total. The Morgan fingerprint density at radius 2 is 1.84 bits per heavy atom. The van der Waals surface area contributed by atoms with Crippen LogP contribution < -0.4 is 5.32 Å². The van der Waals surface area contributed by atoms with Gasteiger partial charge in [0.1, 0.15) is 0 Å². The predicted molar refractivity (Wildman–Crippen MR) is 71.1 cm³/mol. The Morgan fingerprint density at radius 1 is 1.26 bits per heavy atom. The lowest BCUT2D eigenvalue weighted by molar-refractivity contribution is -0.137. The van der Waals surface area contributed by atoms with E-state index in [1.165, 1.54) is 13.0 Å². The first kappa shape index (κ1) is 17.5.